The van der Waals surface area contributed by atoms with Crippen LogP contribution in [-0.2, 0) is 14.4 Å². The molecule has 6 heteroatoms. The van der Waals surface area contributed by atoms with E-state index in [4.69, 9.17) is 5.11 Å². The fraction of sp³-hybridized carbons (Fsp3) is 0.320. The second-order valence-electron chi connectivity index (χ2n) is 7.80. The zero-order valence-electron chi connectivity index (χ0n) is 17.5. The van der Waals surface area contributed by atoms with Crippen LogP contribution >= 0.6 is 0 Å². The van der Waals surface area contributed by atoms with Gasteiger partial charge in [0.2, 0.25) is 5.91 Å². The highest BCUT2D eigenvalue weighted by Gasteiger charge is 2.19. The highest BCUT2D eigenvalue weighted by molar-refractivity contribution is 6.24. The molecular formula is C25H28N2O4. The van der Waals surface area contributed by atoms with Crippen LogP contribution in [0, 0.1) is 0 Å². The van der Waals surface area contributed by atoms with Crippen LogP contribution in [0.5, 0.6) is 0 Å². The van der Waals surface area contributed by atoms with Gasteiger partial charge in [0.15, 0.2) is 0 Å². The smallest absolute Gasteiger partial charge is 0.303 e. The van der Waals surface area contributed by atoms with E-state index in [1.165, 1.54) is 6.42 Å². The topological polar surface area (TPSA) is 95.5 Å². The lowest BCUT2D eigenvalue weighted by Gasteiger charge is -2.23. The van der Waals surface area contributed by atoms with Gasteiger partial charge in [-0.2, -0.15) is 0 Å². The molecule has 2 aromatic carbocycles. The molecule has 0 heterocycles. The molecular weight excluding hydrogens is 392 g/mol. The van der Waals surface area contributed by atoms with Crippen LogP contribution in [0.2, 0.25) is 0 Å². The molecule has 1 aliphatic carbocycles. The van der Waals surface area contributed by atoms with Gasteiger partial charge in [-0.1, -0.05) is 61.7 Å². The summed E-state index contributed by atoms with van der Waals surface area (Å²) in [7, 11) is 0. The largest absolute Gasteiger partial charge is 0.481 e. The molecule has 2 amide bonds. The molecule has 2 aromatic rings. The third-order valence-corrected chi connectivity index (χ3v) is 5.34. The standard InChI is InChI=1S/C25H28N2O4/c28-23(15-16-24(29)30)26-21-13-11-18(12-14-21)17-22(19-7-3-1-4-8-19)25(31)27-20-9-5-2-6-10-20/h1,3-4,7-8,11-14,17,20H,2,5-6,9-10,15-16H2,(H,26,28)(H,27,31)(H,29,30). The molecule has 3 N–H and O–H groups in total. The summed E-state index contributed by atoms with van der Waals surface area (Å²) in [6.07, 6.45) is 7.13. The number of carboxylic acid groups (broad SMARTS) is 1. The van der Waals surface area contributed by atoms with Crippen LogP contribution in [0.3, 0.4) is 0 Å². The molecule has 0 radical (unpaired) electrons. The monoisotopic (exact) mass is 420 g/mol. The van der Waals surface area contributed by atoms with E-state index in [0.717, 1.165) is 36.8 Å². The predicted octanol–water partition coefficient (Wildman–Crippen LogP) is 4.48. The Hall–Kier alpha value is -3.41. The van der Waals surface area contributed by atoms with Crippen molar-refractivity contribution < 1.29 is 19.5 Å². The van der Waals surface area contributed by atoms with Crippen molar-refractivity contribution in [1.29, 1.82) is 0 Å². The molecule has 6 nitrogen and oxygen atoms in total. The first-order chi connectivity index (χ1) is 15.0. The Labute approximate surface area is 182 Å². The van der Waals surface area contributed by atoms with Gasteiger partial charge in [0.25, 0.3) is 5.91 Å². The Balaban J connectivity index is 1.74. The van der Waals surface area contributed by atoms with Crippen molar-refractivity contribution in [1.82, 2.24) is 5.32 Å². The van der Waals surface area contributed by atoms with Crippen molar-refractivity contribution in [2.75, 3.05) is 5.32 Å². The lowest BCUT2D eigenvalue weighted by molar-refractivity contribution is -0.138. The minimum atomic E-state index is -1.00. The molecule has 0 aromatic heterocycles. The van der Waals surface area contributed by atoms with E-state index in [9.17, 15) is 14.4 Å². The first kappa shape index (κ1) is 22.3. The number of nitrogens with one attached hydrogen (secondary N) is 2. The third kappa shape index (κ3) is 7.10. The summed E-state index contributed by atoms with van der Waals surface area (Å²) in [5, 5.41) is 14.5. The highest BCUT2D eigenvalue weighted by Crippen LogP contribution is 2.22. The van der Waals surface area contributed by atoms with Crippen LogP contribution in [0.4, 0.5) is 5.69 Å². The second kappa shape index (κ2) is 11.1. The quantitative estimate of drug-likeness (QED) is 0.433. The summed E-state index contributed by atoms with van der Waals surface area (Å²) in [6.45, 7) is 0. The van der Waals surface area contributed by atoms with Gasteiger partial charge < -0.3 is 15.7 Å². The summed E-state index contributed by atoms with van der Waals surface area (Å²) in [5.41, 5.74) is 2.87. The predicted molar refractivity (Wildman–Crippen MR) is 121 cm³/mol. The third-order valence-electron chi connectivity index (χ3n) is 5.34. The van der Waals surface area contributed by atoms with Gasteiger partial charge in [-0.05, 0) is 42.2 Å². The minimum absolute atomic E-state index is 0.0729. The number of carboxylic acids is 1. The van der Waals surface area contributed by atoms with Gasteiger partial charge in [-0.15, -0.1) is 0 Å². The van der Waals surface area contributed by atoms with Crippen molar-refractivity contribution >= 4 is 35.1 Å². The summed E-state index contributed by atoms with van der Waals surface area (Å²) in [5.74, 6) is -1.43. The average molecular weight is 421 g/mol. The molecule has 0 saturated heterocycles. The second-order valence-corrected chi connectivity index (χ2v) is 7.80. The van der Waals surface area contributed by atoms with Crippen molar-refractivity contribution in [3.63, 3.8) is 0 Å². The van der Waals surface area contributed by atoms with Gasteiger partial charge in [0, 0.05) is 23.7 Å². The summed E-state index contributed by atoms with van der Waals surface area (Å²) in [4.78, 5) is 35.5. The molecule has 1 fully saturated rings. The number of amides is 2. The number of rotatable bonds is 8. The molecule has 0 bridgehead atoms. The summed E-state index contributed by atoms with van der Waals surface area (Å²) >= 11 is 0. The Bertz CT molecular complexity index is 930. The van der Waals surface area contributed by atoms with E-state index in [-0.39, 0.29) is 30.7 Å². The van der Waals surface area contributed by atoms with Crippen LogP contribution in [0.25, 0.3) is 11.6 Å². The Kier molecular flexibility index (Phi) is 7.98. The Morgan fingerprint density at radius 2 is 1.58 bits per heavy atom. The number of carbonyl (C=O) groups excluding carboxylic acids is 2. The molecule has 31 heavy (non-hydrogen) atoms. The maximum atomic E-state index is 13.1. The zero-order chi connectivity index (χ0) is 22.1. The van der Waals surface area contributed by atoms with Gasteiger partial charge in [0.05, 0.1) is 6.42 Å². The van der Waals surface area contributed by atoms with Crippen LogP contribution in [0.15, 0.2) is 54.6 Å². The number of hydrogen-bond donors (Lipinski definition) is 3. The van der Waals surface area contributed by atoms with Crippen molar-refractivity contribution in [2.45, 2.75) is 51.0 Å². The number of benzene rings is 2. The van der Waals surface area contributed by atoms with Crippen LogP contribution < -0.4 is 10.6 Å². The molecule has 0 aliphatic heterocycles. The lowest BCUT2D eigenvalue weighted by atomic mass is 9.94. The van der Waals surface area contributed by atoms with E-state index in [2.05, 4.69) is 10.6 Å². The van der Waals surface area contributed by atoms with E-state index in [1.807, 2.05) is 48.5 Å². The Morgan fingerprint density at radius 3 is 2.23 bits per heavy atom. The van der Waals surface area contributed by atoms with E-state index in [0.29, 0.717) is 11.3 Å². The molecule has 0 atom stereocenters. The van der Waals surface area contributed by atoms with Crippen LogP contribution in [0.1, 0.15) is 56.1 Å². The Morgan fingerprint density at radius 1 is 0.903 bits per heavy atom. The molecule has 162 valence electrons. The van der Waals surface area contributed by atoms with E-state index < -0.39 is 5.97 Å². The van der Waals surface area contributed by atoms with Gasteiger partial charge in [-0.3, -0.25) is 14.4 Å². The van der Waals surface area contributed by atoms with E-state index >= 15 is 0 Å². The summed E-state index contributed by atoms with van der Waals surface area (Å²) in [6, 6.07) is 16.9. The van der Waals surface area contributed by atoms with E-state index in [1.54, 1.807) is 12.1 Å². The fourth-order valence-electron chi connectivity index (χ4n) is 3.68. The van der Waals surface area contributed by atoms with Gasteiger partial charge >= 0.3 is 5.97 Å². The minimum Gasteiger partial charge on any atom is -0.481 e. The molecule has 1 saturated carbocycles. The van der Waals surface area contributed by atoms with Crippen molar-refractivity contribution in [3.05, 3.63) is 65.7 Å². The molecule has 0 spiro atoms. The van der Waals surface area contributed by atoms with Crippen molar-refractivity contribution in [2.24, 2.45) is 0 Å². The average Bonchev–Trinajstić information content (AvgIpc) is 2.78. The first-order valence-corrected chi connectivity index (χ1v) is 10.7. The number of aliphatic carboxylic acids is 1. The maximum Gasteiger partial charge on any atom is 0.303 e. The molecule has 3 rings (SSSR count). The normalized spacial score (nSPS) is 14.6. The fourth-order valence-corrected chi connectivity index (χ4v) is 3.68. The lowest BCUT2D eigenvalue weighted by Crippen LogP contribution is -2.36. The number of hydrogen-bond acceptors (Lipinski definition) is 3. The van der Waals surface area contributed by atoms with Crippen molar-refractivity contribution in [3.8, 4) is 0 Å². The maximum absolute atomic E-state index is 13.1. The van der Waals surface area contributed by atoms with Gasteiger partial charge in [0.1, 0.15) is 0 Å². The first-order valence-electron chi connectivity index (χ1n) is 10.7. The summed E-state index contributed by atoms with van der Waals surface area (Å²) < 4.78 is 0. The SMILES string of the molecule is O=C(O)CCC(=O)Nc1ccc(C=C(C(=O)NC2CCCCC2)c2ccccc2)cc1. The number of anilines is 1. The van der Waals surface area contributed by atoms with Gasteiger partial charge in [-0.25, -0.2) is 0 Å². The zero-order valence-corrected chi connectivity index (χ0v) is 17.5. The molecule has 1 aliphatic rings. The highest BCUT2D eigenvalue weighted by atomic mass is 16.4. The van der Waals surface area contributed by atoms with Crippen LogP contribution in [-0.4, -0.2) is 28.9 Å². The molecule has 0 unspecified atom stereocenters. The number of carbonyl (C=O) groups is 3.